The first kappa shape index (κ1) is 33.2. The number of benzene rings is 8. The molecule has 11 rings (SSSR count). The molecule has 270 valence electrons. The largest absolute Gasteiger partial charge is 0.331 e. The number of nitrogens with zero attached hydrogens (tertiary/aromatic N) is 2. The van der Waals surface area contributed by atoms with Gasteiger partial charge in [-0.3, -0.25) is 0 Å². The lowest BCUT2D eigenvalue weighted by molar-refractivity contribution is 0.608. The quantitative estimate of drug-likeness (QED) is 0.165. The second-order valence-electron chi connectivity index (χ2n) is 15.5. The van der Waals surface area contributed by atoms with E-state index in [1.165, 1.54) is 88.8 Å². The lowest BCUT2D eigenvalue weighted by Gasteiger charge is -2.40. The van der Waals surface area contributed by atoms with E-state index >= 15 is 0 Å². The molecule has 0 radical (unpaired) electrons. The highest BCUT2D eigenvalue weighted by Crippen LogP contribution is 2.55. The molecule has 0 amide bonds. The molecule has 9 aromatic rings. The first-order valence-corrected chi connectivity index (χ1v) is 19.9. The van der Waals surface area contributed by atoms with Crippen LogP contribution in [0.3, 0.4) is 0 Å². The van der Waals surface area contributed by atoms with Gasteiger partial charge in [0.1, 0.15) is 0 Å². The Morgan fingerprint density at radius 3 is 1.72 bits per heavy atom. The van der Waals surface area contributed by atoms with E-state index < -0.39 is 0 Å². The first-order chi connectivity index (χ1) is 28.1. The summed E-state index contributed by atoms with van der Waals surface area (Å²) in [6.45, 7) is 2.41. The number of anilines is 2. The van der Waals surface area contributed by atoms with Gasteiger partial charge in [0, 0.05) is 33.4 Å². The number of allylic oxidation sites excluding steroid dienone is 2. The molecule has 1 aromatic heterocycles. The fourth-order valence-corrected chi connectivity index (χ4v) is 9.38. The number of fused-ring (bicyclic) bond motifs is 6. The van der Waals surface area contributed by atoms with Crippen LogP contribution < -0.4 is 4.90 Å². The van der Waals surface area contributed by atoms with Crippen molar-refractivity contribution in [1.29, 1.82) is 0 Å². The average molecular weight is 729 g/mol. The normalized spacial score (nSPS) is 16.0. The Morgan fingerprint density at radius 2 is 1.00 bits per heavy atom. The topological polar surface area (TPSA) is 8.17 Å². The third-order valence-corrected chi connectivity index (χ3v) is 12.1. The summed E-state index contributed by atoms with van der Waals surface area (Å²) in [7, 11) is 0. The molecule has 8 aromatic carbocycles. The molecule has 2 nitrogen and oxygen atoms in total. The van der Waals surface area contributed by atoms with Crippen LogP contribution in [0, 0.1) is 0 Å². The Hall–Kier alpha value is -7.16. The van der Waals surface area contributed by atoms with E-state index in [0.29, 0.717) is 0 Å². The van der Waals surface area contributed by atoms with Crippen LogP contribution >= 0.6 is 0 Å². The van der Waals surface area contributed by atoms with Gasteiger partial charge in [0.2, 0.25) is 0 Å². The van der Waals surface area contributed by atoms with Crippen LogP contribution in [0.25, 0.3) is 72.0 Å². The van der Waals surface area contributed by atoms with E-state index in [2.05, 4.69) is 229 Å². The van der Waals surface area contributed by atoms with Crippen molar-refractivity contribution >= 4 is 44.3 Å². The predicted molar refractivity (Wildman–Crippen MR) is 241 cm³/mol. The Kier molecular flexibility index (Phi) is 7.72. The average Bonchev–Trinajstić information content (AvgIpc) is 3.75. The number of hydrogen-bond acceptors (Lipinski definition) is 1. The second kappa shape index (κ2) is 13.3. The number of hydrogen-bond donors (Lipinski definition) is 0. The molecule has 0 fully saturated rings. The molecule has 1 atom stereocenters. The summed E-state index contributed by atoms with van der Waals surface area (Å²) in [4.78, 5) is 2.57. The Balaban J connectivity index is 1.03. The van der Waals surface area contributed by atoms with E-state index in [1.807, 2.05) is 0 Å². The lowest BCUT2D eigenvalue weighted by Crippen LogP contribution is -2.40. The summed E-state index contributed by atoms with van der Waals surface area (Å²) in [5.41, 5.74) is 18.3. The Bertz CT molecular complexity index is 2980. The number of rotatable bonds is 6. The van der Waals surface area contributed by atoms with Crippen molar-refractivity contribution in [3.05, 3.63) is 223 Å². The number of para-hydroxylation sites is 2. The summed E-state index contributed by atoms with van der Waals surface area (Å²) in [5, 5.41) is 2.51. The third-order valence-electron chi connectivity index (χ3n) is 12.1. The second-order valence-corrected chi connectivity index (χ2v) is 15.5. The van der Waals surface area contributed by atoms with Crippen molar-refractivity contribution < 1.29 is 0 Å². The van der Waals surface area contributed by atoms with Crippen molar-refractivity contribution in [2.75, 3.05) is 4.90 Å². The van der Waals surface area contributed by atoms with Crippen LogP contribution in [0.4, 0.5) is 11.4 Å². The monoisotopic (exact) mass is 728 g/mol. The van der Waals surface area contributed by atoms with Crippen LogP contribution in [0.5, 0.6) is 0 Å². The van der Waals surface area contributed by atoms with Gasteiger partial charge in [0.05, 0.1) is 16.6 Å². The van der Waals surface area contributed by atoms with Crippen LogP contribution in [0.1, 0.15) is 24.5 Å². The fourth-order valence-electron chi connectivity index (χ4n) is 9.38. The highest BCUT2D eigenvalue weighted by Gasteiger charge is 2.45. The molecule has 57 heavy (non-hydrogen) atoms. The molecule has 0 saturated carbocycles. The zero-order valence-electron chi connectivity index (χ0n) is 31.8. The molecule has 1 aliphatic heterocycles. The molecule has 0 saturated heterocycles. The zero-order valence-corrected chi connectivity index (χ0v) is 31.8. The van der Waals surface area contributed by atoms with Gasteiger partial charge in [0.15, 0.2) is 0 Å². The first-order valence-electron chi connectivity index (χ1n) is 19.9. The maximum Gasteiger partial charge on any atom is 0.0716 e. The fraction of sp³-hybridized carbons (Fsp3) is 0.0545. The molecule has 2 aliphatic rings. The number of aromatic nitrogens is 1. The molecule has 0 bridgehead atoms. The smallest absolute Gasteiger partial charge is 0.0716 e. The van der Waals surface area contributed by atoms with Gasteiger partial charge in [-0.2, -0.15) is 0 Å². The van der Waals surface area contributed by atoms with Crippen LogP contribution in [0.2, 0.25) is 0 Å². The molecular formula is C55H40N2. The minimum Gasteiger partial charge on any atom is -0.331 e. The van der Waals surface area contributed by atoms with E-state index in [-0.39, 0.29) is 5.54 Å². The lowest BCUT2D eigenvalue weighted by atomic mass is 9.79. The van der Waals surface area contributed by atoms with Gasteiger partial charge in [-0.25, -0.2) is 0 Å². The van der Waals surface area contributed by atoms with Crippen LogP contribution in [-0.4, -0.2) is 10.1 Å². The van der Waals surface area contributed by atoms with Crippen molar-refractivity contribution in [2.24, 2.45) is 0 Å². The van der Waals surface area contributed by atoms with E-state index in [9.17, 15) is 0 Å². The van der Waals surface area contributed by atoms with Crippen LogP contribution in [0.15, 0.2) is 212 Å². The highest BCUT2D eigenvalue weighted by atomic mass is 15.2. The molecule has 0 spiro atoms. The standard InChI is InChI=1S/C55H40N2/c1-55-31-30-43(37-51(55)49-25-12-14-27-54(49)57(55)46-23-15-22-41(33-46)38-16-5-2-6-17-38)42-28-29-53-50(36-42)48-24-11-13-26-52(48)56(53)47-34-44(39-18-7-3-8-19-39)32-45(35-47)40-20-9-4-10-21-40/h2-30,32-37H,31H2,1H3. The van der Waals surface area contributed by atoms with Crippen molar-refractivity contribution in [1.82, 2.24) is 4.57 Å². The molecule has 0 N–H and O–H groups in total. The minimum absolute atomic E-state index is 0.219. The SMILES string of the molecule is CC12CC=C(c3ccc4c(c3)c3ccccc3n4-c3cc(-c4ccccc4)cc(-c4ccccc4)c3)C=C1c1ccccc1N2c1cccc(-c2ccccc2)c1. The van der Waals surface area contributed by atoms with Gasteiger partial charge in [0.25, 0.3) is 0 Å². The summed E-state index contributed by atoms with van der Waals surface area (Å²) in [6, 6.07) is 73.0. The summed E-state index contributed by atoms with van der Waals surface area (Å²) in [5.74, 6) is 0. The zero-order chi connectivity index (χ0) is 37.9. The van der Waals surface area contributed by atoms with Crippen molar-refractivity contribution in [3.8, 4) is 39.1 Å². The van der Waals surface area contributed by atoms with Gasteiger partial charge in [-0.15, -0.1) is 0 Å². The highest BCUT2D eigenvalue weighted by molar-refractivity contribution is 6.11. The van der Waals surface area contributed by atoms with E-state index in [0.717, 1.165) is 12.1 Å². The molecule has 1 unspecified atom stereocenters. The van der Waals surface area contributed by atoms with E-state index in [1.54, 1.807) is 0 Å². The predicted octanol–water partition coefficient (Wildman–Crippen LogP) is 14.6. The van der Waals surface area contributed by atoms with Gasteiger partial charge in [-0.1, -0.05) is 152 Å². The van der Waals surface area contributed by atoms with E-state index in [4.69, 9.17) is 0 Å². The summed E-state index contributed by atoms with van der Waals surface area (Å²) < 4.78 is 2.45. The van der Waals surface area contributed by atoms with Gasteiger partial charge >= 0.3 is 0 Å². The van der Waals surface area contributed by atoms with Crippen molar-refractivity contribution in [2.45, 2.75) is 18.9 Å². The van der Waals surface area contributed by atoms with Crippen LogP contribution in [-0.2, 0) is 0 Å². The maximum atomic E-state index is 2.57. The Labute approximate surface area is 333 Å². The minimum atomic E-state index is -0.219. The molecular weight excluding hydrogens is 689 g/mol. The maximum absolute atomic E-state index is 2.57. The van der Waals surface area contributed by atoms with Crippen molar-refractivity contribution in [3.63, 3.8) is 0 Å². The summed E-state index contributed by atoms with van der Waals surface area (Å²) >= 11 is 0. The molecule has 2 heteroatoms. The molecule has 1 aliphatic carbocycles. The van der Waals surface area contributed by atoms with Gasteiger partial charge in [-0.05, 0) is 124 Å². The third kappa shape index (κ3) is 5.48. The van der Waals surface area contributed by atoms with Gasteiger partial charge < -0.3 is 9.47 Å². The summed E-state index contributed by atoms with van der Waals surface area (Å²) in [6.07, 6.45) is 5.81. The Morgan fingerprint density at radius 1 is 0.421 bits per heavy atom. The molecule has 2 heterocycles.